The molecule has 2 aromatic rings. The Balaban J connectivity index is 2.70. The molecular formula is C13H11NO3. The number of pyridine rings is 1. The Morgan fingerprint density at radius 2 is 1.88 bits per heavy atom. The molecule has 17 heavy (non-hydrogen) atoms. The number of carboxylic acid groups (broad SMARTS) is 1. The molecule has 0 amide bonds. The number of para-hydroxylation sites is 1. The Kier molecular flexibility index (Phi) is 2.78. The van der Waals surface area contributed by atoms with E-state index in [-0.39, 0.29) is 11.1 Å². The van der Waals surface area contributed by atoms with E-state index in [9.17, 15) is 9.59 Å². The van der Waals surface area contributed by atoms with Gasteiger partial charge in [-0.2, -0.15) is 0 Å². The minimum atomic E-state index is -1.04. The Bertz CT molecular complexity index is 614. The van der Waals surface area contributed by atoms with Gasteiger partial charge >= 0.3 is 5.97 Å². The highest BCUT2D eigenvalue weighted by Gasteiger charge is 2.09. The molecule has 2 rings (SSSR count). The van der Waals surface area contributed by atoms with Crippen LogP contribution in [0.2, 0.25) is 0 Å². The summed E-state index contributed by atoms with van der Waals surface area (Å²) >= 11 is 0. The second-order valence-corrected chi connectivity index (χ2v) is 3.73. The SMILES string of the molecule is Cc1cc(C(=O)O)cn(-c2ccccc2)c1=O. The van der Waals surface area contributed by atoms with Gasteiger partial charge < -0.3 is 5.11 Å². The van der Waals surface area contributed by atoms with Gasteiger partial charge in [-0.05, 0) is 25.1 Å². The molecular weight excluding hydrogens is 218 g/mol. The Labute approximate surface area is 97.8 Å². The number of carbonyl (C=O) groups is 1. The first-order chi connectivity index (χ1) is 8.09. The molecule has 86 valence electrons. The molecule has 0 spiro atoms. The zero-order valence-electron chi connectivity index (χ0n) is 9.25. The number of aryl methyl sites for hydroxylation is 1. The first-order valence-electron chi connectivity index (χ1n) is 5.11. The molecule has 1 N–H and O–H groups in total. The van der Waals surface area contributed by atoms with E-state index in [1.165, 1.54) is 16.8 Å². The largest absolute Gasteiger partial charge is 0.478 e. The van der Waals surface area contributed by atoms with Crippen LogP contribution in [0.5, 0.6) is 0 Å². The van der Waals surface area contributed by atoms with Gasteiger partial charge in [-0.1, -0.05) is 18.2 Å². The molecule has 0 fully saturated rings. The average Bonchev–Trinajstić information content (AvgIpc) is 2.33. The molecule has 0 saturated heterocycles. The number of rotatable bonds is 2. The lowest BCUT2D eigenvalue weighted by Gasteiger charge is -2.07. The van der Waals surface area contributed by atoms with E-state index in [2.05, 4.69) is 0 Å². The minimum absolute atomic E-state index is 0.103. The number of hydrogen-bond donors (Lipinski definition) is 1. The number of aromatic nitrogens is 1. The van der Waals surface area contributed by atoms with Crippen molar-refractivity contribution < 1.29 is 9.90 Å². The fourth-order valence-corrected chi connectivity index (χ4v) is 1.62. The lowest BCUT2D eigenvalue weighted by Crippen LogP contribution is -2.21. The van der Waals surface area contributed by atoms with Gasteiger partial charge in [-0.3, -0.25) is 9.36 Å². The number of hydrogen-bond acceptors (Lipinski definition) is 2. The summed E-state index contributed by atoms with van der Waals surface area (Å²) in [6.45, 7) is 1.61. The van der Waals surface area contributed by atoms with Crippen LogP contribution < -0.4 is 5.56 Å². The average molecular weight is 229 g/mol. The van der Waals surface area contributed by atoms with Crippen molar-refractivity contribution in [2.75, 3.05) is 0 Å². The second-order valence-electron chi connectivity index (χ2n) is 3.73. The number of aromatic carboxylic acids is 1. The van der Waals surface area contributed by atoms with E-state index in [0.29, 0.717) is 11.3 Å². The van der Waals surface area contributed by atoms with E-state index < -0.39 is 5.97 Å². The van der Waals surface area contributed by atoms with Crippen molar-refractivity contribution in [1.82, 2.24) is 4.57 Å². The summed E-state index contributed by atoms with van der Waals surface area (Å²) in [4.78, 5) is 22.8. The maximum Gasteiger partial charge on any atom is 0.337 e. The van der Waals surface area contributed by atoms with Crippen molar-refractivity contribution in [3.63, 3.8) is 0 Å². The first kappa shape index (κ1) is 11.1. The molecule has 0 radical (unpaired) electrons. The quantitative estimate of drug-likeness (QED) is 0.854. The molecule has 0 aliphatic heterocycles. The van der Waals surface area contributed by atoms with Crippen LogP contribution in [0.3, 0.4) is 0 Å². The van der Waals surface area contributed by atoms with Crippen LogP contribution in [0.25, 0.3) is 5.69 Å². The van der Waals surface area contributed by atoms with E-state index in [1.54, 1.807) is 31.2 Å². The Hall–Kier alpha value is -2.36. The fraction of sp³-hybridized carbons (Fsp3) is 0.0769. The van der Waals surface area contributed by atoms with Crippen LogP contribution in [-0.4, -0.2) is 15.6 Å². The van der Waals surface area contributed by atoms with Crippen LogP contribution >= 0.6 is 0 Å². The second kappa shape index (κ2) is 4.25. The third kappa shape index (κ3) is 2.10. The molecule has 0 unspecified atom stereocenters. The number of nitrogens with zero attached hydrogens (tertiary/aromatic N) is 1. The fourth-order valence-electron chi connectivity index (χ4n) is 1.62. The summed E-state index contributed by atoms with van der Waals surface area (Å²) < 4.78 is 1.35. The Morgan fingerprint density at radius 3 is 2.47 bits per heavy atom. The van der Waals surface area contributed by atoms with Crippen molar-refractivity contribution >= 4 is 5.97 Å². The molecule has 0 saturated carbocycles. The van der Waals surface area contributed by atoms with Gasteiger partial charge in [0, 0.05) is 17.4 Å². The van der Waals surface area contributed by atoms with Crippen LogP contribution in [0.15, 0.2) is 47.4 Å². The first-order valence-corrected chi connectivity index (χ1v) is 5.11. The van der Waals surface area contributed by atoms with E-state index in [4.69, 9.17) is 5.11 Å². The number of benzene rings is 1. The minimum Gasteiger partial charge on any atom is -0.478 e. The van der Waals surface area contributed by atoms with Crippen LogP contribution in [0.1, 0.15) is 15.9 Å². The maximum atomic E-state index is 11.9. The zero-order chi connectivity index (χ0) is 12.4. The molecule has 4 heteroatoms. The van der Waals surface area contributed by atoms with E-state index >= 15 is 0 Å². The van der Waals surface area contributed by atoms with Crippen LogP contribution in [0, 0.1) is 6.92 Å². The van der Waals surface area contributed by atoms with Gasteiger partial charge in [0.1, 0.15) is 0 Å². The monoisotopic (exact) mass is 229 g/mol. The predicted molar refractivity (Wildman–Crippen MR) is 63.7 cm³/mol. The Morgan fingerprint density at radius 1 is 1.24 bits per heavy atom. The van der Waals surface area contributed by atoms with Crippen molar-refractivity contribution in [3.8, 4) is 5.69 Å². The highest BCUT2D eigenvalue weighted by Crippen LogP contribution is 2.07. The van der Waals surface area contributed by atoms with Gasteiger partial charge in [-0.15, -0.1) is 0 Å². The lowest BCUT2D eigenvalue weighted by atomic mass is 10.2. The van der Waals surface area contributed by atoms with Crippen molar-refractivity contribution in [2.24, 2.45) is 0 Å². The molecule has 1 aromatic carbocycles. The third-order valence-electron chi connectivity index (χ3n) is 2.48. The van der Waals surface area contributed by atoms with Gasteiger partial charge in [0.2, 0.25) is 0 Å². The smallest absolute Gasteiger partial charge is 0.337 e. The van der Waals surface area contributed by atoms with E-state index in [0.717, 1.165) is 0 Å². The summed E-state index contributed by atoms with van der Waals surface area (Å²) in [6, 6.07) is 10.3. The summed E-state index contributed by atoms with van der Waals surface area (Å²) in [5.41, 5.74) is 0.963. The zero-order valence-corrected chi connectivity index (χ0v) is 9.25. The molecule has 0 bridgehead atoms. The summed E-state index contributed by atoms with van der Waals surface area (Å²) in [6.07, 6.45) is 1.34. The number of carboxylic acids is 1. The maximum absolute atomic E-state index is 11.9. The van der Waals surface area contributed by atoms with Crippen molar-refractivity contribution in [2.45, 2.75) is 6.92 Å². The molecule has 0 aliphatic rings. The highest BCUT2D eigenvalue weighted by atomic mass is 16.4. The van der Waals surface area contributed by atoms with Crippen molar-refractivity contribution in [1.29, 1.82) is 0 Å². The van der Waals surface area contributed by atoms with Gasteiger partial charge in [0.25, 0.3) is 5.56 Å². The lowest BCUT2D eigenvalue weighted by molar-refractivity contribution is 0.0696. The summed E-state index contributed by atoms with van der Waals surface area (Å²) in [7, 11) is 0. The molecule has 0 atom stereocenters. The normalized spacial score (nSPS) is 10.2. The molecule has 4 nitrogen and oxygen atoms in total. The van der Waals surface area contributed by atoms with Crippen LogP contribution in [-0.2, 0) is 0 Å². The summed E-state index contributed by atoms with van der Waals surface area (Å²) in [5.74, 6) is -1.04. The molecule has 0 aliphatic carbocycles. The standard InChI is InChI=1S/C13H11NO3/c1-9-7-10(13(16)17)8-14(12(9)15)11-5-3-2-4-6-11/h2-8H,1H3,(H,16,17). The van der Waals surface area contributed by atoms with Gasteiger partial charge in [0.15, 0.2) is 0 Å². The predicted octanol–water partition coefficient (Wildman–Crippen LogP) is 1.84. The van der Waals surface area contributed by atoms with E-state index in [1.807, 2.05) is 6.07 Å². The topological polar surface area (TPSA) is 59.3 Å². The molecule has 1 heterocycles. The summed E-state index contributed by atoms with van der Waals surface area (Å²) in [5, 5.41) is 8.96. The molecule has 1 aromatic heterocycles. The van der Waals surface area contributed by atoms with Crippen molar-refractivity contribution in [3.05, 3.63) is 64.1 Å². The van der Waals surface area contributed by atoms with Gasteiger partial charge in [0.05, 0.1) is 5.56 Å². The third-order valence-corrected chi connectivity index (χ3v) is 2.48. The van der Waals surface area contributed by atoms with Crippen LogP contribution in [0.4, 0.5) is 0 Å². The van der Waals surface area contributed by atoms with Gasteiger partial charge in [-0.25, -0.2) is 4.79 Å². The highest BCUT2D eigenvalue weighted by molar-refractivity contribution is 5.87.